The molecule has 2 heteroatoms. The SMILES string of the molecule is CC(=O)C(=O)c1c(C)cccc1C. The van der Waals surface area contributed by atoms with E-state index in [0.717, 1.165) is 11.1 Å². The molecule has 0 aliphatic carbocycles. The van der Waals surface area contributed by atoms with Gasteiger partial charge in [0.2, 0.25) is 5.78 Å². The summed E-state index contributed by atoms with van der Waals surface area (Å²) in [7, 11) is 0. The molecule has 0 saturated heterocycles. The maximum absolute atomic E-state index is 11.4. The van der Waals surface area contributed by atoms with Crippen molar-refractivity contribution in [2.75, 3.05) is 0 Å². The predicted octanol–water partition coefficient (Wildman–Crippen LogP) is 2.08. The molecule has 0 spiro atoms. The standard InChI is InChI=1S/C11H12O2/c1-7-5-4-6-8(2)10(7)11(13)9(3)12/h4-6H,1-3H3. The molecule has 68 valence electrons. The van der Waals surface area contributed by atoms with Gasteiger partial charge >= 0.3 is 0 Å². The zero-order chi connectivity index (χ0) is 10.0. The van der Waals surface area contributed by atoms with Crippen LogP contribution in [0.4, 0.5) is 0 Å². The third-order valence-electron chi connectivity index (χ3n) is 2.03. The third-order valence-corrected chi connectivity index (χ3v) is 2.03. The van der Waals surface area contributed by atoms with Crippen molar-refractivity contribution in [3.8, 4) is 0 Å². The molecule has 0 fully saturated rings. The van der Waals surface area contributed by atoms with E-state index in [0.29, 0.717) is 5.56 Å². The lowest BCUT2D eigenvalue weighted by Gasteiger charge is -2.05. The summed E-state index contributed by atoms with van der Waals surface area (Å²) in [5.41, 5.74) is 2.27. The molecule has 0 N–H and O–H groups in total. The van der Waals surface area contributed by atoms with Crippen LogP contribution in [0.1, 0.15) is 28.4 Å². The summed E-state index contributed by atoms with van der Waals surface area (Å²) in [4.78, 5) is 22.3. The molecule has 1 aromatic rings. The van der Waals surface area contributed by atoms with Crippen LogP contribution in [0.25, 0.3) is 0 Å². The van der Waals surface area contributed by atoms with E-state index < -0.39 is 11.6 Å². The lowest BCUT2D eigenvalue weighted by molar-refractivity contribution is -0.113. The van der Waals surface area contributed by atoms with Gasteiger partial charge in [-0.05, 0) is 25.0 Å². The van der Waals surface area contributed by atoms with Gasteiger partial charge in [0.1, 0.15) is 0 Å². The van der Waals surface area contributed by atoms with E-state index in [-0.39, 0.29) is 0 Å². The molecule has 0 bridgehead atoms. The first-order valence-corrected chi connectivity index (χ1v) is 4.15. The molecule has 13 heavy (non-hydrogen) atoms. The molecule has 0 saturated carbocycles. The molecule has 2 nitrogen and oxygen atoms in total. The summed E-state index contributed by atoms with van der Waals surface area (Å²) in [5, 5.41) is 0. The highest BCUT2D eigenvalue weighted by molar-refractivity contribution is 6.43. The van der Waals surface area contributed by atoms with Crippen LogP contribution < -0.4 is 0 Å². The predicted molar refractivity (Wildman–Crippen MR) is 50.9 cm³/mol. The van der Waals surface area contributed by atoms with Crippen molar-refractivity contribution < 1.29 is 9.59 Å². The normalized spacial score (nSPS) is 9.77. The quantitative estimate of drug-likeness (QED) is 0.510. The van der Waals surface area contributed by atoms with E-state index in [1.54, 1.807) is 0 Å². The Bertz CT molecular complexity index is 344. The summed E-state index contributed by atoms with van der Waals surface area (Å²) in [6, 6.07) is 5.55. The summed E-state index contributed by atoms with van der Waals surface area (Å²) in [6.07, 6.45) is 0. The lowest BCUT2D eigenvalue weighted by atomic mass is 9.97. The van der Waals surface area contributed by atoms with E-state index >= 15 is 0 Å². The second-order valence-corrected chi connectivity index (χ2v) is 3.15. The van der Waals surface area contributed by atoms with Gasteiger partial charge in [0, 0.05) is 12.5 Å². The summed E-state index contributed by atoms with van der Waals surface area (Å²) < 4.78 is 0. The molecule has 0 heterocycles. The Labute approximate surface area is 77.6 Å². The van der Waals surface area contributed by atoms with Crippen LogP contribution >= 0.6 is 0 Å². The van der Waals surface area contributed by atoms with Crippen molar-refractivity contribution in [2.45, 2.75) is 20.8 Å². The minimum absolute atomic E-state index is 0.393. The van der Waals surface area contributed by atoms with Crippen LogP contribution in [0.2, 0.25) is 0 Å². The summed E-state index contributed by atoms with van der Waals surface area (Å²) in [5.74, 6) is -0.798. The number of aryl methyl sites for hydroxylation is 2. The van der Waals surface area contributed by atoms with Crippen LogP contribution in [0, 0.1) is 13.8 Å². The monoisotopic (exact) mass is 176 g/mol. The van der Waals surface area contributed by atoms with Gasteiger partial charge in [-0.15, -0.1) is 0 Å². The maximum atomic E-state index is 11.4. The van der Waals surface area contributed by atoms with Crippen molar-refractivity contribution in [3.05, 3.63) is 34.9 Å². The summed E-state index contributed by atoms with van der Waals surface area (Å²) >= 11 is 0. The topological polar surface area (TPSA) is 34.1 Å². The van der Waals surface area contributed by atoms with E-state index in [1.807, 2.05) is 32.0 Å². The minimum Gasteiger partial charge on any atom is -0.291 e. The van der Waals surface area contributed by atoms with E-state index in [2.05, 4.69) is 0 Å². The zero-order valence-electron chi connectivity index (χ0n) is 8.05. The van der Waals surface area contributed by atoms with E-state index in [9.17, 15) is 9.59 Å². The fraction of sp³-hybridized carbons (Fsp3) is 0.273. The highest BCUT2D eigenvalue weighted by Gasteiger charge is 2.15. The van der Waals surface area contributed by atoms with Crippen molar-refractivity contribution in [2.24, 2.45) is 0 Å². The van der Waals surface area contributed by atoms with Crippen LogP contribution in [0.15, 0.2) is 18.2 Å². The molecule has 0 unspecified atom stereocenters. The average molecular weight is 176 g/mol. The first kappa shape index (κ1) is 9.65. The minimum atomic E-state index is -0.405. The second-order valence-electron chi connectivity index (χ2n) is 3.15. The number of carbonyl (C=O) groups excluding carboxylic acids is 2. The largest absolute Gasteiger partial charge is 0.291 e. The van der Waals surface area contributed by atoms with Gasteiger partial charge in [0.05, 0.1) is 0 Å². The summed E-state index contributed by atoms with van der Waals surface area (Å²) in [6.45, 7) is 4.97. The highest BCUT2D eigenvalue weighted by Crippen LogP contribution is 2.13. The van der Waals surface area contributed by atoms with Gasteiger partial charge in [0.25, 0.3) is 0 Å². The maximum Gasteiger partial charge on any atom is 0.228 e. The Hall–Kier alpha value is -1.44. The molecular weight excluding hydrogens is 164 g/mol. The smallest absolute Gasteiger partial charge is 0.228 e. The molecule has 0 atom stereocenters. The molecule has 0 aliphatic heterocycles. The Morgan fingerprint density at radius 1 is 1.08 bits per heavy atom. The first-order chi connectivity index (χ1) is 6.04. The van der Waals surface area contributed by atoms with Gasteiger partial charge in [-0.2, -0.15) is 0 Å². The van der Waals surface area contributed by atoms with E-state index in [1.165, 1.54) is 6.92 Å². The van der Waals surface area contributed by atoms with Crippen molar-refractivity contribution in [1.82, 2.24) is 0 Å². The van der Waals surface area contributed by atoms with Gasteiger partial charge in [-0.1, -0.05) is 18.2 Å². The molecule has 0 aliphatic rings. The van der Waals surface area contributed by atoms with E-state index in [4.69, 9.17) is 0 Å². The number of Topliss-reactive ketones (excluding diaryl/α,β-unsaturated/α-hetero) is 2. The fourth-order valence-corrected chi connectivity index (χ4v) is 1.35. The second kappa shape index (κ2) is 3.52. The molecular formula is C11H12O2. The average Bonchev–Trinajstić information content (AvgIpc) is 2.03. The van der Waals surface area contributed by atoms with Gasteiger partial charge in [0.15, 0.2) is 5.78 Å². The number of hydrogen-bond donors (Lipinski definition) is 0. The van der Waals surface area contributed by atoms with Crippen molar-refractivity contribution >= 4 is 11.6 Å². The molecule has 0 aromatic heterocycles. The fourth-order valence-electron chi connectivity index (χ4n) is 1.35. The molecule has 0 amide bonds. The zero-order valence-corrected chi connectivity index (χ0v) is 8.05. The van der Waals surface area contributed by atoms with Crippen LogP contribution in [-0.4, -0.2) is 11.6 Å². The number of ketones is 2. The lowest BCUT2D eigenvalue weighted by Crippen LogP contribution is -2.12. The van der Waals surface area contributed by atoms with Crippen LogP contribution in [0.5, 0.6) is 0 Å². The third kappa shape index (κ3) is 1.83. The Kier molecular flexibility index (Phi) is 2.61. The Balaban J connectivity index is 3.28. The molecule has 1 aromatic carbocycles. The molecule has 1 rings (SSSR count). The number of hydrogen-bond acceptors (Lipinski definition) is 2. The first-order valence-electron chi connectivity index (χ1n) is 4.15. The highest BCUT2D eigenvalue weighted by atomic mass is 16.2. The molecule has 0 radical (unpaired) electrons. The Morgan fingerprint density at radius 3 is 1.92 bits per heavy atom. The number of carbonyl (C=O) groups is 2. The van der Waals surface area contributed by atoms with Gasteiger partial charge < -0.3 is 0 Å². The number of benzene rings is 1. The van der Waals surface area contributed by atoms with Crippen molar-refractivity contribution in [1.29, 1.82) is 0 Å². The number of rotatable bonds is 2. The Morgan fingerprint density at radius 2 is 1.54 bits per heavy atom. The van der Waals surface area contributed by atoms with Crippen LogP contribution in [-0.2, 0) is 4.79 Å². The van der Waals surface area contributed by atoms with Gasteiger partial charge in [-0.3, -0.25) is 9.59 Å². The van der Waals surface area contributed by atoms with Crippen LogP contribution in [0.3, 0.4) is 0 Å². The van der Waals surface area contributed by atoms with Crippen molar-refractivity contribution in [3.63, 3.8) is 0 Å². The van der Waals surface area contributed by atoms with Gasteiger partial charge in [-0.25, -0.2) is 0 Å².